The van der Waals surface area contributed by atoms with Crippen LogP contribution in [0.15, 0.2) is 41.9 Å². The lowest BCUT2D eigenvalue weighted by atomic mass is 10.0. The maximum atomic E-state index is 11.7. The molecule has 3 rings (SSSR count). The van der Waals surface area contributed by atoms with E-state index in [4.69, 9.17) is 4.74 Å². The van der Waals surface area contributed by atoms with E-state index in [9.17, 15) is 4.79 Å². The minimum atomic E-state index is -0.289. The van der Waals surface area contributed by atoms with Gasteiger partial charge in [-0.2, -0.15) is 0 Å². The fourth-order valence-corrected chi connectivity index (χ4v) is 3.40. The number of aromatic nitrogens is 1. The molecule has 0 aliphatic carbocycles. The second-order valence-corrected chi connectivity index (χ2v) is 5.35. The number of benzene rings is 1. The van der Waals surface area contributed by atoms with Crippen LogP contribution in [0.2, 0.25) is 0 Å². The lowest BCUT2D eigenvalue weighted by Crippen LogP contribution is -2.01. The first kappa shape index (κ1) is 12.8. The number of hydrogen-bond donors (Lipinski definition) is 0. The van der Waals surface area contributed by atoms with E-state index in [2.05, 4.69) is 17.1 Å². The monoisotopic (exact) mass is 283 g/mol. The second-order valence-electron chi connectivity index (χ2n) is 4.47. The van der Waals surface area contributed by atoms with Crippen LogP contribution in [0.1, 0.15) is 15.9 Å². The molecular weight excluding hydrogens is 270 g/mol. The molecule has 3 aromatic rings. The third-order valence-corrected chi connectivity index (χ3v) is 4.45. The van der Waals surface area contributed by atoms with E-state index >= 15 is 0 Å². The van der Waals surface area contributed by atoms with Gasteiger partial charge < -0.3 is 4.74 Å². The van der Waals surface area contributed by atoms with Crippen LogP contribution in [0.25, 0.3) is 21.3 Å². The Morgan fingerprint density at radius 1 is 1.25 bits per heavy atom. The summed E-state index contributed by atoms with van der Waals surface area (Å²) in [6.45, 7) is 1.95. The zero-order valence-corrected chi connectivity index (χ0v) is 12.0. The van der Waals surface area contributed by atoms with E-state index < -0.39 is 0 Å². The van der Waals surface area contributed by atoms with E-state index in [1.165, 1.54) is 7.11 Å². The molecule has 4 heteroatoms. The standard InChI is InChI=1S/C16H13NO2S/c1-10-13(16(18)19-2)9-20-15(10)12-5-3-7-14-11(12)6-4-8-17-14/h3-9H,1-2H3. The van der Waals surface area contributed by atoms with Crippen LogP contribution in [-0.4, -0.2) is 18.1 Å². The van der Waals surface area contributed by atoms with Gasteiger partial charge >= 0.3 is 5.97 Å². The van der Waals surface area contributed by atoms with Gasteiger partial charge in [0.2, 0.25) is 0 Å². The Hall–Kier alpha value is -2.20. The molecule has 0 aliphatic heterocycles. The Balaban J connectivity index is 2.22. The number of hydrogen-bond acceptors (Lipinski definition) is 4. The molecule has 0 spiro atoms. The average Bonchev–Trinajstić information content (AvgIpc) is 2.87. The Kier molecular flexibility index (Phi) is 3.24. The molecular formula is C16H13NO2S. The van der Waals surface area contributed by atoms with E-state index in [1.807, 2.05) is 30.5 Å². The van der Waals surface area contributed by atoms with Gasteiger partial charge in [-0.3, -0.25) is 4.98 Å². The maximum absolute atomic E-state index is 11.7. The van der Waals surface area contributed by atoms with E-state index in [0.717, 1.165) is 26.9 Å². The van der Waals surface area contributed by atoms with Crippen molar-refractivity contribution in [3.63, 3.8) is 0 Å². The summed E-state index contributed by atoms with van der Waals surface area (Å²) >= 11 is 1.56. The van der Waals surface area contributed by atoms with Crippen molar-refractivity contribution in [2.24, 2.45) is 0 Å². The van der Waals surface area contributed by atoms with Crippen LogP contribution in [0.3, 0.4) is 0 Å². The number of carbonyl (C=O) groups excluding carboxylic acids is 1. The van der Waals surface area contributed by atoms with Gasteiger partial charge in [-0.15, -0.1) is 11.3 Å². The number of nitrogens with zero attached hydrogens (tertiary/aromatic N) is 1. The van der Waals surface area contributed by atoms with Crippen molar-refractivity contribution in [3.8, 4) is 10.4 Å². The minimum Gasteiger partial charge on any atom is -0.465 e. The molecule has 0 fully saturated rings. The molecule has 0 bridgehead atoms. The number of fused-ring (bicyclic) bond motifs is 1. The molecule has 0 aliphatic rings. The molecule has 0 unspecified atom stereocenters. The highest BCUT2D eigenvalue weighted by atomic mass is 32.1. The molecule has 0 saturated heterocycles. The molecule has 2 heterocycles. The van der Waals surface area contributed by atoms with E-state index in [-0.39, 0.29) is 5.97 Å². The summed E-state index contributed by atoms with van der Waals surface area (Å²) in [7, 11) is 1.40. The number of esters is 1. The van der Waals surface area contributed by atoms with Gasteiger partial charge in [-0.25, -0.2) is 4.79 Å². The van der Waals surface area contributed by atoms with E-state index in [0.29, 0.717) is 5.56 Å². The van der Waals surface area contributed by atoms with Crippen molar-refractivity contribution in [2.75, 3.05) is 7.11 Å². The third kappa shape index (κ3) is 1.98. The largest absolute Gasteiger partial charge is 0.465 e. The highest BCUT2D eigenvalue weighted by Crippen LogP contribution is 2.36. The van der Waals surface area contributed by atoms with Gasteiger partial charge in [0.15, 0.2) is 0 Å². The summed E-state index contributed by atoms with van der Waals surface area (Å²) in [5.74, 6) is -0.289. The normalized spacial score (nSPS) is 10.7. The van der Waals surface area contributed by atoms with Crippen molar-refractivity contribution in [1.82, 2.24) is 4.98 Å². The second kappa shape index (κ2) is 5.06. The van der Waals surface area contributed by atoms with Gasteiger partial charge in [0.1, 0.15) is 0 Å². The zero-order chi connectivity index (χ0) is 14.1. The molecule has 3 nitrogen and oxygen atoms in total. The fourth-order valence-electron chi connectivity index (χ4n) is 2.29. The van der Waals surface area contributed by atoms with Crippen LogP contribution in [0.5, 0.6) is 0 Å². The van der Waals surface area contributed by atoms with Crippen LogP contribution >= 0.6 is 11.3 Å². The number of pyridine rings is 1. The van der Waals surface area contributed by atoms with E-state index in [1.54, 1.807) is 17.5 Å². The molecule has 0 radical (unpaired) electrons. The summed E-state index contributed by atoms with van der Waals surface area (Å²) in [6, 6.07) is 10.0. The van der Waals surface area contributed by atoms with Crippen LogP contribution in [0.4, 0.5) is 0 Å². The number of ether oxygens (including phenoxy) is 1. The Labute approximate surface area is 120 Å². The minimum absolute atomic E-state index is 0.289. The first-order valence-corrected chi connectivity index (χ1v) is 7.11. The molecule has 20 heavy (non-hydrogen) atoms. The molecule has 0 N–H and O–H groups in total. The molecule has 0 saturated carbocycles. The SMILES string of the molecule is COC(=O)c1csc(-c2cccc3ncccc23)c1C. The summed E-state index contributed by atoms with van der Waals surface area (Å²) in [5, 5.41) is 2.95. The molecule has 100 valence electrons. The zero-order valence-electron chi connectivity index (χ0n) is 11.2. The van der Waals surface area contributed by atoms with Crippen LogP contribution in [0, 0.1) is 6.92 Å². The Morgan fingerprint density at radius 2 is 2.10 bits per heavy atom. The maximum Gasteiger partial charge on any atom is 0.338 e. The molecule has 0 atom stereocenters. The Morgan fingerprint density at radius 3 is 2.90 bits per heavy atom. The number of rotatable bonds is 2. The van der Waals surface area contributed by atoms with Crippen LogP contribution in [-0.2, 0) is 4.74 Å². The van der Waals surface area contributed by atoms with Crippen LogP contribution < -0.4 is 0 Å². The van der Waals surface area contributed by atoms with Crippen molar-refractivity contribution < 1.29 is 9.53 Å². The molecule has 0 amide bonds. The summed E-state index contributed by atoms with van der Waals surface area (Å²) < 4.78 is 4.81. The third-order valence-electron chi connectivity index (χ3n) is 3.33. The predicted molar refractivity (Wildman–Crippen MR) is 81.1 cm³/mol. The topological polar surface area (TPSA) is 39.2 Å². The summed E-state index contributed by atoms with van der Waals surface area (Å²) in [6.07, 6.45) is 1.78. The average molecular weight is 283 g/mol. The summed E-state index contributed by atoms with van der Waals surface area (Å²) in [5.41, 5.74) is 3.65. The van der Waals surface area contributed by atoms with Gasteiger partial charge in [0.25, 0.3) is 0 Å². The van der Waals surface area contributed by atoms with Gasteiger partial charge in [0.05, 0.1) is 18.2 Å². The first-order chi connectivity index (χ1) is 9.72. The summed E-state index contributed by atoms with van der Waals surface area (Å²) in [4.78, 5) is 17.2. The number of thiophene rings is 1. The van der Waals surface area contributed by atoms with Gasteiger partial charge in [0, 0.05) is 27.4 Å². The van der Waals surface area contributed by atoms with Crippen molar-refractivity contribution in [2.45, 2.75) is 6.92 Å². The molecule has 2 aromatic heterocycles. The van der Waals surface area contributed by atoms with Crippen molar-refractivity contribution in [3.05, 3.63) is 53.0 Å². The highest BCUT2D eigenvalue weighted by molar-refractivity contribution is 7.14. The first-order valence-electron chi connectivity index (χ1n) is 6.23. The number of carbonyl (C=O) groups is 1. The van der Waals surface area contributed by atoms with Crippen molar-refractivity contribution in [1.29, 1.82) is 0 Å². The lowest BCUT2D eigenvalue weighted by molar-refractivity contribution is 0.0600. The van der Waals surface area contributed by atoms with Gasteiger partial charge in [-0.05, 0) is 24.6 Å². The smallest absolute Gasteiger partial charge is 0.338 e. The lowest BCUT2D eigenvalue weighted by Gasteiger charge is -2.05. The molecule has 1 aromatic carbocycles. The number of methoxy groups -OCH3 is 1. The van der Waals surface area contributed by atoms with Gasteiger partial charge in [-0.1, -0.05) is 18.2 Å². The quantitative estimate of drug-likeness (QED) is 0.666. The Bertz CT molecular complexity index is 787. The van der Waals surface area contributed by atoms with Crippen molar-refractivity contribution >= 4 is 28.2 Å². The fraction of sp³-hybridized carbons (Fsp3) is 0.125. The highest BCUT2D eigenvalue weighted by Gasteiger charge is 2.17. The predicted octanol–water partition coefficient (Wildman–Crippen LogP) is 4.06.